The molecule has 10 nitrogen and oxygen atoms in total. The number of H-pyrrole nitrogens is 1. The molecule has 1 aliphatic heterocycles. The smallest absolute Gasteiger partial charge is 0.388 e. The quantitative estimate of drug-likeness (QED) is 0.521. The van der Waals surface area contributed by atoms with E-state index in [4.69, 9.17) is 18.5 Å². The standard InChI is InChI=1S/C16H25F2N2O8P/c1-4-26-29(24,27-5-2)16(17,18)8-6-10-12(22)13(25-3)14(28-10)20-9-7-11(21)19-15(20)23/h7,9-10,12-14,22H,4-6,8H2,1-3H3,(H,19,21,23). The van der Waals surface area contributed by atoms with Gasteiger partial charge in [0, 0.05) is 25.8 Å². The van der Waals surface area contributed by atoms with Crippen LogP contribution in [0, 0.1) is 0 Å². The topological polar surface area (TPSA) is 129 Å². The molecular formula is C16H25F2N2O8P. The minimum Gasteiger partial charge on any atom is -0.388 e. The average Bonchev–Trinajstić information content (AvgIpc) is 2.95. The van der Waals surface area contributed by atoms with E-state index in [-0.39, 0.29) is 13.2 Å². The number of alkyl halides is 2. The number of aromatic amines is 1. The molecule has 0 spiro atoms. The molecular weight excluding hydrogens is 417 g/mol. The first kappa shape index (κ1) is 23.8. The van der Waals surface area contributed by atoms with Gasteiger partial charge in [-0.15, -0.1) is 0 Å². The monoisotopic (exact) mass is 442 g/mol. The summed E-state index contributed by atoms with van der Waals surface area (Å²) in [5.74, 6) is 0. The molecule has 1 saturated heterocycles. The first-order valence-corrected chi connectivity index (χ1v) is 10.6. The van der Waals surface area contributed by atoms with Crippen LogP contribution in [0.5, 0.6) is 0 Å². The summed E-state index contributed by atoms with van der Waals surface area (Å²) in [7, 11) is -3.44. The van der Waals surface area contributed by atoms with E-state index in [9.17, 15) is 28.0 Å². The molecule has 1 fully saturated rings. The van der Waals surface area contributed by atoms with Crippen LogP contribution in [0.4, 0.5) is 8.78 Å². The Morgan fingerprint density at radius 3 is 2.45 bits per heavy atom. The van der Waals surface area contributed by atoms with Crippen molar-refractivity contribution in [1.82, 2.24) is 9.55 Å². The van der Waals surface area contributed by atoms with Crippen LogP contribution in [0.1, 0.15) is 32.9 Å². The van der Waals surface area contributed by atoms with Crippen LogP contribution >= 0.6 is 7.60 Å². The fraction of sp³-hybridized carbons (Fsp3) is 0.750. The molecule has 0 saturated carbocycles. The van der Waals surface area contributed by atoms with Crippen molar-refractivity contribution < 1.29 is 37.0 Å². The summed E-state index contributed by atoms with van der Waals surface area (Å²) in [6.07, 6.45) is -4.90. The first-order valence-electron chi connectivity index (χ1n) is 9.05. The number of ether oxygens (including phenoxy) is 2. The predicted molar refractivity (Wildman–Crippen MR) is 97.1 cm³/mol. The molecule has 29 heavy (non-hydrogen) atoms. The van der Waals surface area contributed by atoms with E-state index in [2.05, 4.69) is 0 Å². The fourth-order valence-electron chi connectivity index (χ4n) is 3.08. The van der Waals surface area contributed by atoms with E-state index in [1.165, 1.54) is 21.0 Å². The van der Waals surface area contributed by atoms with Crippen molar-refractivity contribution in [2.24, 2.45) is 0 Å². The molecule has 1 aliphatic rings. The van der Waals surface area contributed by atoms with E-state index < -0.39 is 61.9 Å². The number of methoxy groups -OCH3 is 1. The lowest BCUT2D eigenvalue weighted by Gasteiger charge is -2.26. The number of halogens is 2. The molecule has 0 radical (unpaired) electrons. The molecule has 0 aromatic carbocycles. The van der Waals surface area contributed by atoms with Crippen LogP contribution < -0.4 is 11.2 Å². The van der Waals surface area contributed by atoms with Gasteiger partial charge in [-0.3, -0.25) is 18.9 Å². The number of hydrogen-bond acceptors (Lipinski definition) is 8. The lowest BCUT2D eigenvalue weighted by atomic mass is 10.1. The Hall–Kier alpha value is -1.43. The van der Waals surface area contributed by atoms with Crippen molar-refractivity contribution >= 4 is 7.60 Å². The van der Waals surface area contributed by atoms with Gasteiger partial charge in [-0.25, -0.2) is 4.79 Å². The minimum atomic E-state index is -4.70. The molecule has 1 aromatic heterocycles. The van der Waals surface area contributed by atoms with E-state index in [0.29, 0.717) is 0 Å². The summed E-state index contributed by atoms with van der Waals surface area (Å²) in [6, 6.07) is 1.08. The van der Waals surface area contributed by atoms with Crippen LogP contribution in [0.2, 0.25) is 0 Å². The molecule has 2 N–H and O–H groups in total. The molecule has 4 atom stereocenters. The van der Waals surface area contributed by atoms with E-state index in [0.717, 1.165) is 16.8 Å². The maximum atomic E-state index is 14.6. The Morgan fingerprint density at radius 2 is 1.93 bits per heavy atom. The lowest BCUT2D eigenvalue weighted by molar-refractivity contribution is -0.0595. The molecule has 0 amide bonds. The summed E-state index contributed by atoms with van der Waals surface area (Å²) in [6.45, 7) is 2.39. The van der Waals surface area contributed by atoms with Crippen molar-refractivity contribution in [3.8, 4) is 0 Å². The van der Waals surface area contributed by atoms with Crippen molar-refractivity contribution in [3.63, 3.8) is 0 Å². The zero-order chi connectivity index (χ0) is 21.8. The zero-order valence-electron chi connectivity index (χ0n) is 16.2. The molecule has 13 heteroatoms. The minimum absolute atomic E-state index is 0.224. The van der Waals surface area contributed by atoms with Crippen molar-refractivity contribution in [3.05, 3.63) is 33.1 Å². The second-order valence-corrected chi connectivity index (χ2v) is 8.48. The maximum Gasteiger partial charge on any atom is 0.399 e. The number of rotatable bonds is 10. The average molecular weight is 442 g/mol. The molecule has 2 heterocycles. The van der Waals surface area contributed by atoms with Gasteiger partial charge in [0.25, 0.3) is 5.56 Å². The predicted octanol–water partition coefficient (Wildman–Crippen LogP) is 1.45. The number of aromatic nitrogens is 2. The van der Waals surface area contributed by atoms with Crippen LogP contribution in [0.15, 0.2) is 21.9 Å². The molecule has 166 valence electrons. The third kappa shape index (κ3) is 5.01. The van der Waals surface area contributed by atoms with E-state index in [1.807, 2.05) is 4.98 Å². The van der Waals surface area contributed by atoms with Gasteiger partial charge in [-0.1, -0.05) is 0 Å². The van der Waals surface area contributed by atoms with E-state index in [1.54, 1.807) is 0 Å². The number of aliphatic hydroxyl groups is 1. The molecule has 2 rings (SSSR count). The van der Waals surface area contributed by atoms with Crippen LogP contribution in [-0.4, -0.2) is 59.0 Å². The highest BCUT2D eigenvalue weighted by Crippen LogP contribution is 2.63. The van der Waals surface area contributed by atoms with Crippen molar-refractivity contribution in [2.75, 3.05) is 20.3 Å². The summed E-state index contributed by atoms with van der Waals surface area (Å²) in [4.78, 5) is 25.3. The van der Waals surface area contributed by atoms with Gasteiger partial charge in [0.2, 0.25) is 0 Å². The van der Waals surface area contributed by atoms with Crippen molar-refractivity contribution in [1.29, 1.82) is 0 Å². The summed E-state index contributed by atoms with van der Waals surface area (Å²) in [5, 5.41) is 10.4. The van der Waals surface area contributed by atoms with Gasteiger partial charge in [-0.2, -0.15) is 8.78 Å². The molecule has 0 aliphatic carbocycles. The lowest BCUT2D eigenvalue weighted by Crippen LogP contribution is -2.38. The van der Waals surface area contributed by atoms with E-state index >= 15 is 0 Å². The Labute approximate surface area is 165 Å². The SMILES string of the molecule is CCOP(=O)(OCC)C(F)(F)CCC1OC(n2ccc(=O)[nH]c2=O)C(OC)C1O. The third-order valence-corrected chi connectivity index (χ3v) is 6.66. The van der Waals surface area contributed by atoms with Gasteiger partial charge >= 0.3 is 18.9 Å². The maximum absolute atomic E-state index is 14.6. The Kier molecular flexibility index (Phi) is 7.88. The van der Waals surface area contributed by atoms with Crippen LogP contribution in [0.25, 0.3) is 0 Å². The van der Waals surface area contributed by atoms with Crippen LogP contribution in [0.3, 0.4) is 0 Å². The summed E-state index contributed by atoms with van der Waals surface area (Å²) < 4.78 is 62.7. The van der Waals surface area contributed by atoms with Crippen LogP contribution in [-0.2, 0) is 23.1 Å². The largest absolute Gasteiger partial charge is 0.399 e. The van der Waals surface area contributed by atoms with Gasteiger partial charge in [0.15, 0.2) is 6.23 Å². The molecule has 0 bridgehead atoms. The second-order valence-electron chi connectivity index (χ2n) is 6.31. The fourth-order valence-corrected chi connectivity index (χ4v) is 4.62. The normalized spacial score (nSPS) is 25.4. The highest BCUT2D eigenvalue weighted by molar-refractivity contribution is 7.55. The van der Waals surface area contributed by atoms with Crippen molar-refractivity contribution in [2.45, 2.75) is 56.9 Å². The molecule has 1 aromatic rings. The molecule has 4 unspecified atom stereocenters. The van der Waals surface area contributed by atoms with Gasteiger partial charge < -0.3 is 23.6 Å². The Balaban J connectivity index is 2.18. The summed E-state index contributed by atoms with van der Waals surface area (Å²) in [5.41, 5.74) is -5.24. The Bertz CT molecular complexity index is 835. The van der Waals surface area contributed by atoms with Gasteiger partial charge in [-0.05, 0) is 20.3 Å². The first-order chi connectivity index (χ1) is 13.6. The number of aliphatic hydroxyl groups excluding tert-OH is 1. The highest BCUT2D eigenvalue weighted by atomic mass is 31.2. The second kappa shape index (κ2) is 9.59. The Morgan fingerprint density at radius 1 is 1.31 bits per heavy atom. The zero-order valence-corrected chi connectivity index (χ0v) is 17.1. The number of nitrogens with zero attached hydrogens (tertiary/aromatic N) is 1. The number of hydrogen-bond donors (Lipinski definition) is 2. The summed E-state index contributed by atoms with van der Waals surface area (Å²) >= 11 is 0. The third-order valence-electron chi connectivity index (χ3n) is 4.44. The number of nitrogens with one attached hydrogen (secondary N) is 1. The van der Waals surface area contributed by atoms with Gasteiger partial charge in [0.1, 0.15) is 12.2 Å². The van der Waals surface area contributed by atoms with Gasteiger partial charge in [0.05, 0.1) is 19.3 Å². The highest BCUT2D eigenvalue weighted by Gasteiger charge is 2.54.